The number of ether oxygens (including phenoxy) is 2. The maximum Gasteiger partial charge on any atom is 0.265 e. The zero-order valence-electron chi connectivity index (χ0n) is 17.2. The molecule has 1 atom stereocenters. The first-order chi connectivity index (χ1) is 14.0. The Kier molecular flexibility index (Phi) is 6.88. The van der Waals surface area contributed by atoms with E-state index in [1.54, 1.807) is 36.1 Å². The Morgan fingerprint density at radius 3 is 2.38 bits per heavy atom. The Morgan fingerprint density at radius 1 is 1.00 bits per heavy atom. The van der Waals surface area contributed by atoms with Gasteiger partial charge in [-0.1, -0.05) is 44.2 Å². The predicted octanol–water partition coefficient (Wildman–Crippen LogP) is 3.69. The number of nitrogens with one attached hydrogen (secondary N) is 1. The summed E-state index contributed by atoms with van der Waals surface area (Å²) in [6.07, 6.45) is -0.707. The minimum Gasteiger partial charge on any atom is -0.481 e. The highest BCUT2D eigenvalue weighted by molar-refractivity contribution is 6.04. The van der Waals surface area contributed by atoms with Crippen molar-refractivity contribution >= 4 is 17.5 Å². The van der Waals surface area contributed by atoms with Crippen molar-refractivity contribution in [2.45, 2.75) is 32.8 Å². The smallest absolute Gasteiger partial charge is 0.265 e. The Labute approximate surface area is 171 Å². The van der Waals surface area contributed by atoms with Crippen molar-refractivity contribution in [2.75, 3.05) is 31.6 Å². The summed E-state index contributed by atoms with van der Waals surface area (Å²) < 4.78 is 11.2. The van der Waals surface area contributed by atoms with E-state index in [2.05, 4.69) is 19.2 Å². The lowest BCUT2D eigenvalue weighted by molar-refractivity contribution is -0.122. The number of benzene rings is 2. The summed E-state index contributed by atoms with van der Waals surface area (Å²) in [7, 11) is 0. The van der Waals surface area contributed by atoms with Crippen LogP contribution < -0.4 is 10.1 Å². The zero-order valence-corrected chi connectivity index (χ0v) is 17.2. The molecule has 1 saturated heterocycles. The maximum atomic E-state index is 12.9. The lowest BCUT2D eigenvalue weighted by Gasteiger charge is -2.27. The molecule has 0 unspecified atom stereocenters. The molecule has 0 saturated carbocycles. The molecule has 1 aliphatic heterocycles. The van der Waals surface area contributed by atoms with E-state index in [9.17, 15) is 9.59 Å². The number of hydrogen-bond acceptors (Lipinski definition) is 4. The summed E-state index contributed by atoms with van der Waals surface area (Å²) in [5.41, 5.74) is 2.01. The van der Waals surface area contributed by atoms with Crippen molar-refractivity contribution in [3.05, 3.63) is 59.7 Å². The third-order valence-electron chi connectivity index (χ3n) is 4.93. The molecule has 2 amide bonds. The Bertz CT molecular complexity index is 859. The zero-order chi connectivity index (χ0) is 20.8. The summed E-state index contributed by atoms with van der Waals surface area (Å²) in [5.74, 6) is 0.574. The molecule has 0 aromatic heterocycles. The molecule has 154 valence electrons. The van der Waals surface area contributed by atoms with Crippen molar-refractivity contribution < 1.29 is 19.1 Å². The van der Waals surface area contributed by atoms with Gasteiger partial charge >= 0.3 is 0 Å². The summed E-state index contributed by atoms with van der Waals surface area (Å²) in [6, 6.07) is 14.8. The quantitative estimate of drug-likeness (QED) is 0.809. The largest absolute Gasteiger partial charge is 0.481 e. The minimum absolute atomic E-state index is 0.108. The topological polar surface area (TPSA) is 67.9 Å². The molecule has 6 heteroatoms. The van der Waals surface area contributed by atoms with Crippen LogP contribution in [0.25, 0.3) is 0 Å². The van der Waals surface area contributed by atoms with Crippen LogP contribution in [0.2, 0.25) is 0 Å². The van der Waals surface area contributed by atoms with Gasteiger partial charge in [0.05, 0.1) is 24.5 Å². The second-order valence-electron chi connectivity index (χ2n) is 7.39. The van der Waals surface area contributed by atoms with Crippen LogP contribution in [-0.4, -0.2) is 49.1 Å². The molecule has 6 nitrogen and oxygen atoms in total. The number of nitrogens with zero attached hydrogens (tertiary/aromatic N) is 1. The van der Waals surface area contributed by atoms with Gasteiger partial charge in [-0.3, -0.25) is 9.59 Å². The lowest BCUT2D eigenvalue weighted by atomic mass is 10.0. The Hall–Kier alpha value is -2.86. The second kappa shape index (κ2) is 9.56. The van der Waals surface area contributed by atoms with Gasteiger partial charge in [0.1, 0.15) is 5.75 Å². The first-order valence-corrected chi connectivity index (χ1v) is 10.00. The molecule has 0 bridgehead atoms. The SMILES string of the molecule is CC(C)c1ccccc1O[C@H](C)C(=O)Nc1ccccc1C(=O)N1CCOCC1. The molecule has 0 radical (unpaired) electrons. The van der Waals surface area contributed by atoms with Crippen LogP contribution in [-0.2, 0) is 9.53 Å². The normalized spacial score (nSPS) is 15.1. The van der Waals surface area contributed by atoms with Crippen molar-refractivity contribution in [2.24, 2.45) is 0 Å². The number of morpholine rings is 1. The number of para-hydroxylation sites is 2. The molecule has 0 spiro atoms. The third kappa shape index (κ3) is 5.15. The van der Waals surface area contributed by atoms with E-state index in [4.69, 9.17) is 9.47 Å². The van der Waals surface area contributed by atoms with Crippen LogP contribution in [0.3, 0.4) is 0 Å². The van der Waals surface area contributed by atoms with Crippen LogP contribution in [0.15, 0.2) is 48.5 Å². The first kappa shape index (κ1) is 20.9. The van der Waals surface area contributed by atoms with E-state index in [-0.39, 0.29) is 17.7 Å². The van der Waals surface area contributed by atoms with Gasteiger partial charge in [0.2, 0.25) is 0 Å². The lowest BCUT2D eigenvalue weighted by Crippen LogP contribution is -2.41. The molecule has 1 N–H and O–H groups in total. The maximum absolute atomic E-state index is 12.9. The number of carbonyl (C=O) groups excluding carboxylic acids is 2. The summed E-state index contributed by atoms with van der Waals surface area (Å²) in [6.45, 7) is 8.03. The van der Waals surface area contributed by atoms with Gasteiger partial charge in [0.25, 0.3) is 11.8 Å². The molecule has 2 aromatic carbocycles. The van der Waals surface area contributed by atoms with Crippen LogP contribution in [0.4, 0.5) is 5.69 Å². The molecule has 0 aliphatic carbocycles. The molecule has 3 rings (SSSR count). The van der Waals surface area contributed by atoms with E-state index < -0.39 is 6.10 Å². The number of rotatable bonds is 6. The molecule has 1 heterocycles. The number of hydrogen-bond donors (Lipinski definition) is 1. The van der Waals surface area contributed by atoms with Crippen LogP contribution in [0.1, 0.15) is 42.6 Å². The van der Waals surface area contributed by atoms with Gasteiger partial charge in [-0.05, 0) is 36.6 Å². The second-order valence-corrected chi connectivity index (χ2v) is 7.39. The van der Waals surface area contributed by atoms with Gasteiger partial charge in [-0.2, -0.15) is 0 Å². The summed E-state index contributed by atoms with van der Waals surface area (Å²) >= 11 is 0. The molecule has 1 aliphatic rings. The van der Waals surface area contributed by atoms with Crippen molar-refractivity contribution in [1.82, 2.24) is 4.90 Å². The van der Waals surface area contributed by atoms with Gasteiger partial charge < -0.3 is 19.7 Å². The van der Waals surface area contributed by atoms with Crippen molar-refractivity contribution in [3.63, 3.8) is 0 Å². The number of anilines is 1. The van der Waals surface area contributed by atoms with E-state index in [0.29, 0.717) is 43.3 Å². The highest BCUT2D eigenvalue weighted by Gasteiger charge is 2.23. The fourth-order valence-corrected chi connectivity index (χ4v) is 3.26. The summed E-state index contributed by atoms with van der Waals surface area (Å²) in [5, 5.41) is 2.86. The standard InChI is InChI=1S/C23H28N2O4/c1-16(2)18-8-5-7-11-21(18)29-17(3)22(26)24-20-10-6-4-9-19(20)23(27)25-12-14-28-15-13-25/h4-11,16-17H,12-15H2,1-3H3,(H,24,26)/t17-/m1/s1. The third-order valence-corrected chi connectivity index (χ3v) is 4.93. The Morgan fingerprint density at radius 2 is 1.66 bits per heavy atom. The highest BCUT2D eigenvalue weighted by Crippen LogP contribution is 2.27. The van der Waals surface area contributed by atoms with Gasteiger partial charge in [0.15, 0.2) is 6.10 Å². The van der Waals surface area contributed by atoms with Gasteiger partial charge in [-0.15, -0.1) is 0 Å². The molecular weight excluding hydrogens is 368 g/mol. The monoisotopic (exact) mass is 396 g/mol. The predicted molar refractivity (Wildman–Crippen MR) is 112 cm³/mol. The average Bonchev–Trinajstić information content (AvgIpc) is 2.74. The Balaban J connectivity index is 1.71. The number of amides is 2. The minimum atomic E-state index is -0.707. The van der Waals surface area contributed by atoms with Crippen molar-refractivity contribution in [3.8, 4) is 5.75 Å². The highest BCUT2D eigenvalue weighted by atomic mass is 16.5. The van der Waals surface area contributed by atoms with Crippen molar-refractivity contribution in [1.29, 1.82) is 0 Å². The van der Waals surface area contributed by atoms with Crippen LogP contribution in [0.5, 0.6) is 5.75 Å². The van der Waals surface area contributed by atoms with Gasteiger partial charge in [-0.25, -0.2) is 0 Å². The van der Waals surface area contributed by atoms with E-state index >= 15 is 0 Å². The summed E-state index contributed by atoms with van der Waals surface area (Å²) in [4.78, 5) is 27.4. The molecule has 1 fully saturated rings. The van der Waals surface area contributed by atoms with Crippen LogP contribution in [0, 0.1) is 0 Å². The fourth-order valence-electron chi connectivity index (χ4n) is 3.26. The first-order valence-electron chi connectivity index (χ1n) is 10.00. The van der Waals surface area contributed by atoms with E-state index in [0.717, 1.165) is 5.56 Å². The number of carbonyl (C=O) groups is 2. The van der Waals surface area contributed by atoms with E-state index in [1.165, 1.54) is 0 Å². The molecular formula is C23H28N2O4. The fraction of sp³-hybridized carbons (Fsp3) is 0.391. The molecule has 2 aromatic rings. The average molecular weight is 396 g/mol. The van der Waals surface area contributed by atoms with Crippen LogP contribution >= 0.6 is 0 Å². The van der Waals surface area contributed by atoms with E-state index in [1.807, 2.05) is 24.3 Å². The van der Waals surface area contributed by atoms with Gasteiger partial charge in [0, 0.05) is 13.1 Å². The molecule has 29 heavy (non-hydrogen) atoms.